The Morgan fingerprint density at radius 1 is 1.30 bits per heavy atom. The van der Waals surface area contributed by atoms with Crippen LogP contribution in [0.4, 0.5) is 5.69 Å². The van der Waals surface area contributed by atoms with E-state index in [1.54, 1.807) is 6.07 Å². The molecular formula is C16H25N3O. The van der Waals surface area contributed by atoms with Gasteiger partial charge in [0.25, 0.3) is 5.91 Å². The van der Waals surface area contributed by atoms with E-state index in [0.29, 0.717) is 23.8 Å². The summed E-state index contributed by atoms with van der Waals surface area (Å²) >= 11 is 0. The van der Waals surface area contributed by atoms with Gasteiger partial charge in [0.15, 0.2) is 0 Å². The molecule has 1 unspecified atom stereocenters. The van der Waals surface area contributed by atoms with Gasteiger partial charge in [-0.2, -0.15) is 0 Å². The summed E-state index contributed by atoms with van der Waals surface area (Å²) in [5.41, 5.74) is 9.24. The Morgan fingerprint density at radius 2 is 1.95 bits per heavy atom. The maximum absolute atomic E-state index is 12.3. The molecule has 0 saturated carbocycles. The molecule has 0 spiro atoms. The Labute approximate surface area is 121 Å². The quantitative estimate of drug-likeness (QED) is 0.827. The number of rotatable bonds is 4. The minimum atomic E-state index is -0.0275. The molecule has 0 bridgehead atoms. The van der Waals surface area contributed by atoms with Gasteiger partial charge < -0.3 is 11.1 Å². The first kappa shape index (κ1) is 14.9. The van der Waals surface area contributed by atoms with Gasteiger partial charge in [-0.05, 0) is 63.9 Å². The highest BCUT2D eigenvalue weighted by molar-refractivity contribution is 5.96. The second-order valence-electron chi connectivity index (χ2n) is 5.83. The molecule has 0 aromatic heterocycles. The molecule has 1 aromatic rings. The summed E-state index contributed by atoms with van der Waals surface area (Å²) in [5.74, 6) is -0.0275. The summed E-state index contributed by atoms with van der Waals surface area (Å²) < 4.78 is 0. The van der Waals surface area contributed by atoms with E-state index < -0.39 is 0 Å². The van der Waals surface area contributed by atoms with Crippen LogP contribution in [0.15, 0.2) is 12.1 Å². The molecule has 1 aromatic carbocycles. The number of likely N-dealkylation sites (tertiary alicyclic amines) is 1. The van der Waals surface area contributed by atoms with E-state index in [1.165, 1.54) is 12.8 Å². The van der Waals surface area contributed by atoms with Crippen molar-refractivity contribution in [1.82, 2.24) is 10.2 Å². The van der Waals surface area contributed by atoms with Crippen molar-refractivity contribution in [2.24, 2.45) is 0 Å². The first-order valence-electron chi connectivity index (χ1n) is 7.38. The molecule has 4 nitrogen and oxygen atoms in total. The molecule has 1 amide bonds. The maximum Gasteiger partial charge on any atom is 0.251 e. The number of amides is 1. The number of nitrogens with two attached hydrogens (primary N) is 1. The third-order valence-electron chi connectivity index (χ3n) is 4.18. The largest absolute Gasteiger partial charge is 0.398 e. The molecule has 1 aliphatic rings. The fourth-order valence-electron chi connectivity index (χ4n) is 2.76. The minimum Gasteiger partial charge on any atom is -0.398 e. The number of nitrogens with one attached hydrogen (secondary N) is 1. The number of nitrogen functional groups attached to an aromatic ring is 1. The number of nitrogens with zero attached hydrogens (tertiary/aromatic N) is 1. The standard InChI is InChI=1S/C16H25N3O/c1-11-8-12(2)15(17)9-14(11)16(20)18-10-13(3)19-6-4-5-7-19/h8-9,13H,4-7,10,17H2,1-3H3,(H,18,20). The zero-order valence-electron chi connectivity index (χ0n) is 12.7. The van der Waals surface area contributed by atoms with Crippen LogP contribution in [0, 0.1) is 13.8 Å². The second-order valence-corrected chi connectivity index (χ2v) is 5.83. The SMILES string of the molecule is Cc1cc(C)c(C(=O)NCC(C)N2CCCC2)cc1N. The highest BCUT2D eigenvalue weighted by atomic mass is 16.1. The van der Waals surface area contributed by atoms with Gasteiger partial charge in [0.05, 0.1) is 0 Å². The van der Waals surface area contributed by atoms with E-state index in [2.05, 4.69) is 17.1 Å². The van der Waals surface area contributed by atoms with Gasteiger partial charge in [0.1, 0.15) is 0 Å². The summed E-state index contributed by atoms with van der Waals surface area (Å²) in [5, 5.41) is 3.03. The third kappa shape index (κ3) is 3.31. The lowest BCUT2D eigenvalue weighted by Crippen LogP contribution is -2.40. The first-order valence-corrected chi connectivity index (χ1v) is 7.38. The van der Waals surface area contributed by atoms with Crippen LogP contribution < -0.4 is 11.1 Å². The number of carbonyl (C=O) groups excluding carboxylic acids is 1. The molecule has 0 aliphatic carbocycles. The lowest BCUT2D eigenvalue weighted by molar-refractivity contribution is 0.0940. The number of benzene rings is 1. The molecule has 20 heavy (non-hydrogen) atoms. The molecular weight excluding hydrogens is 250 g/mol. The Hall–Kier alpha value is -1.55. The maximum atomic E-state index is 12.3. The molecule has 110 valence electrons. The Morgan fingerprint density at radius 3 is 2.60 bits per heavy atom. The molecule has 1 atom stereocenters. The highest BCUT2D eigenvalue weighted by Crippen LogP contribution is 2.18. The first-order chi connectivity index (χ1) is 9.49. The van der Waals surface area contributed by atoms with Crippen LogP contribution in [-0.4, -0.2) is 36.5 Å². The average molecular weight is 275 g/mol. The summed E-state index contributed by atoms with van der Waals surface area (Å²) in [6, 6.07) is 4.14. The van der Waals surface area contributed by atoms with E-state index in [4.69, 9.17) is 5.73 Å². The van der Waals surface area contributed by atoms with Gasteiger partial charge in [-0.1, -0.05) is 6.07 Å². The molecule has 0 radical (unpaired) electrons. The summed E-state index contributed by atoms with van der Waals surface area (Å²) in [6.07, 6.45) is 2.54. The van der Waals surface area contributed by atoms with Gasteiger partial charge in [-0.25, -0.2) is 0 Å². The number of anilines is 1. The molecule has 1 saturated heterocycles. The van der Waals surface area contributed by atoms with Gasteiger partial charge in [-0.3, -0.25) is 9.69 Å². The fraction of sp³-hybridized carbons (Fsp3) is 0.562. The molecule has 1 heterocycles. The lowest BCUT2D eigenvalue weighted by atomic mass is 10.0. The smallest absolute Gasteiger partial charge is 0.251 e. The van der Waals surface area contributed by atoms with Crippen molar-refractivity contribution >= 4 is 11.6 Å². The molecule has 2 rings (SSSR count). The van der Waals surface area contributed by atoms with Gasteiger partial charge in [0, 0.05) is 23.8 Å². The van der Waals surface area contributed by atoms with Gasteiger partial charge >= 0.3 is 0 Å². The predicted octanol–water partition coefficient (Wildman–Crippen LogP) is 2.10. The van der Waals surface area contributed by atoms with Crippen LogP contribution in [0.3, 0.4) is 0 Å². The van der Waals surface area contributed by atoms with Crippen molar-refractivity contribution < 1.29 is 4.79 Å². The van der Waals surface area contributed by atoms with Crippen molar-refractivity contribution in [2.45, 2.75) is 39.7 Å². The summed E-state index contributed by atoms with van der Waals surface area (Å²) in [6.45, 7) is 9.06. The van der Waals surface area contributed by atoms with Crippen LogP contribution in [0.1, 0.15) is 41.3 Å². The lowest BCUT2D eigenvalue weighted by Gasteiger charge is -2.24. The zero-order valence-corrected chi connectivity index (χ0v) is 12.7. The normalized spacial score (nSPS) is 17.1. The van der Waals surface area contributed by atoms with Crippen molar-refractivity contribution in [2.75, 3.05) is 25.4 Å². The van der Waals surface area contributed by atoms with Crippen LogP contribution >= 0.6 is 0 Å². The second kappa shape index (κ2) is 6.27. The topological polar surface area (TPSA) is 58.4 Å². The molecule has 4 heteroatoms. The van der Waals surface area contributed by atoms with E-state index >= 15 is 0 Å². The van der Waals surface area contributed by atoms with Crippen LogP contribution in [-0.2, 0) is 0 Å². The van der Waals surface area contributed by atoms with E-state index in [-0.39, 0.29) is 5.91 Å². The number of aryl methyl sites for hydroxylation is 2. The summed E-state index contributed by atoms with van der Waals surface area (Å²) in [7, 11) is 0. The van der Waals surface area contributed by atoms with Crippen LogP contribution in [0.25, 0.3) is 0 Å². The van der Waals surface area contributed by atoms with E-state index in [1.807, 2.05) is 19.9 Å². The van der Waals surface area contributed by atoms with Crippen molar-refractivity contribution in [3.8, 4) is 0 Å². The highest BCUT2D eigenvalue weighted by Gasteiger charge is 2.19. The van der Waals surface area contributed by atoms with Gasteiger partial charge in [0.2, 0.25) is 0 Å². The Balaban J connectivity index is 1.96. The van der Waals surface area contributed by atoms with Crippen LogP contribution in [0.5, 0.6) is 0 Å². The van der Waals surface area contributed by atoms with E-state index in [0.717, 1.165) is 24.2 Å². The van der Waals surface area contributed by atoms with Crippen molar-refractivity contribution in [3.05, 3.63) is 28.8 Å². The molecule has 1 fully saturated rings. The Kier molecular flexibility index (Phi) is 4.65. The average Bonchev–Trinajstić information content (AvgIpc) is 2.94. The summed E-state index contributed by atoms with van der Waals surface area (Å²) in [4.78, 5) is 14.7. The number of hydrogen-bond donors (Lipinski definition) is 2. The zero-order chi connectivity index (χ0) is 14.7. The number of hydrogen-bond acceptors (Lipinski definition) is 3. The van der Waals surface area contributed by atoms with Crippen molar-refractivity contribution in [3.63, 3.8) is 0 Å². The van der Waals surface area contributed by atoms with Crippen LogP contribution in [0.2, 0.25) is 0 Å². The third-order valence-corrected chi connectivity index (χ3v) is 4.18. The molecule has 1 aliphatic heterocycles. The number of carbonyl (C=O) groups is 1. The molecule has 3 N–H and O–H groups in total. The predicted molar refractivity (Wildman–Crippen MR) is 82.9 cm³/mol. The Bertz CT molecular complexity index is 493. The monoisotopic (exact) mass is 275 g/mol. The van der Waals surface area contributed by atoms with Crippen molar-refractivity contribution in [1.29, 1.82) is 0 Å². The fourth-order valence-corrected chi connectivity index (χ4v) is 2.76. The minimum absolute atomic E-state index is 0.0275. The van der Waals surface area contributed by atoms with E-state index in [9.17, 15) is 4.79 Å². The van der Waals surface area contributed by atoms with Gasteiger partial charge in [-0.15, -0.1) is 0 Å².